The van der Waals surface area contributed by atoms with Crippen molar-refractivity contribution in [2.75, 3.05) is 6.26 Å². The van der Waals surface area contributed by atoms with Crippen LogP contribution in [0.25, 0.3) is 0 Å². The summed E-state index contributed by atoms with van der Waals surface area (Å²) in [6, 6.07) is 14.1. The Morgan fingerprint density at radius 1 is 1.06 bits per heavy atom. The van der Waals surface area contributed by atoms with Crippen molar-refractivity contribution in [1.82, 2.24) is 0 Å². The van der Waals surface area contributed by atoms with E-state index in [-0.39, 0.29) is 5.82 Å². The van der Waals surface area contributed by atoms with E-state index in [0.29, 0.717) is 6.42 Å². The van der Waals surface area contributed by atoms with E-state index in [4.69, 9.17) is 0 Å². The van der Waals surface area contributed by atoms with Crippen LogP contribution in [0.15, 0.2) is 53.4 Å². The van der Waals surface area contributed by atoms with Gasteiger partial charge in [0.1, 0.15) is 5.82 Å². The molecule has 0 radical (unpaired) electrons. The molecule has 1 unspecified atom stereocenters. The number of halogens is 1. The number of hydrogen-bond donors (Lipinski definition) is 1. The zero-order chi connectivity index (χ0) is 13.0. The lowest BCUT2D eigenvalue weighted by Gasteiger charge is -2.11. The lowest BCUT2D eigenvalue weighted by atomic mass is 10.0. The molecule has 0 saturated carbocycles. The second-order valence-electron chi connectivity index (χ2n) is 4.12. The Labute approximate surface area is 111 Å². The summed E-state index contributed by atoms with van der Waals surface area (Å²) in [5, 5.41) is 10.1. The van der Waals surface area contributed by atoms with Gasteiger partial charge in [0.25, 0.3) is 0 Å². The van der Waals surface area contributed by atoms with E-state index in [1.54, 1.807) is 23.9 Å². The fourth-order valence-electron chi connectivity index (χ4n) is 1.79. The first-order valence-electron chi connectivity index (χ1n) is 5.75. The summed E-state index contributed by atoms with van der Waals surface area (Å²) in [6.07, 6.45) is 1.98. The lowest BCUT2D eigenvalue weighted by molar-refractivity contribution is 0.178. The van der Waals surface area contributed by atoms with E-state index in [2.05, 4.69) is 0 Å². The van der Waals surface area contributed by atoms with Crippen LogP contribution in [-0.2, 0) is 6.42 Å². The number of aliphatic hydroxyl groups is 1. The second kappa shape index (κ2) is 6.03. The molecule has 1 N–H and O–H groups in total. The first kappa shape index (κ1) is 13.1. The summed E-state index contributed by atoms with van der Waals surface area (Å²) < 4.78 is 12.8. The first-order chi connectivity index (χ1) is 8.69. The van der Waals surface area contributed by atoms with Crippen molar-refractivity contribution in [2.24, 2.45) is 0 Å². The van der Waals surface area contributed by atoms with Crippen molar-refractivity contribution in [2.45, 2.75) is 17.4 Å². The van der Waals surface area contributed by atoms with Crippen LogP contribution in [0.3, 0.4) is 0 Å². The van der Waals surface area contributed by atoms with Crippen LogP contribution in [0.1, 0.15) is 17.2 Å². The van der Waals surface area contributed by atoms with E-state index in [1.807, 2.05) is 30.5 Å². The van der Waals surface area contributed by atoms with E-state index in [9.17, 15) is 9.50 Å². The molecule has 0 amide bonds. The number of thioether (sulfide) groups is 1. The minimum atomic E-state index is -0.592. The largest absolute Gasteiger partial charge is 0.388 e. The maximum absolute atomic E-state index is 12.8. The molecular formula is C15H15FOS. The van der Waals surface area contributed by atoms with E-state index < -0.39 is 6.10 Å². The van der Waals surface area contributed by atoms with Gasteiger partial charge in [-0.15, -0.1) is 11.8 Å². The van der Waals surface area contributed by atoms with Crippen molar-refractivity contribution in [3.8, 4) is 0 Å². The topological polar surface area (TPSA) is 20.2 Å². The van der Waals surface area contributed by atoms with Crippen molar-refractivity contribution >= 4 is 11.8 Å². The summed E-state index contributed by atoms with van der Waals surface area (Å²) in [4.78, 5) is 1.20. The van der Waals surface area contributed by atoms with Crippen molar-refractivity contribution < 1.29 is 9.50 Å². The van der Waals surface area contributed by atoms with Gasteiger partial charge >= 0.3 is 0 Å². The minimum absolute atomic E-state index is 0.282. The van der Waals surface area contributed by atoms with Crippen molar-refractivity contribution in [3.05, 3.63) is 65.5 Å². The van der Waals surface area contributed by atoms with Gasteiger partial charge in [0.15, 0.2) is 0 Å². The Kier molecular flexibility index (Phi) is 4.39. The van der Waals surface area contributed by atoms with Gasteiger partial charge in [0.05, 0.1) is 6.10 Å². The number of rotatable bonds is 4. The molecule has 0 spiro atoms. The Morgan fingerprint density at radius 3 is 2.22 bits per heavy atom. The Bertz CT molecular complexity index is 493. The van der Waals surface area contributed by atoms with Gasteiger partial charge in [-0.05, 0) is 41.6 Å². The van der Waals surface area contributed by atoms with Crippen LogP contribution in [0, 0.1) is 5.82 Å². The van der Waals surface area contributed by atoms with Crippen LogP contribution >= 0.6 is 11.8 Å². The molecule has 2 aromatic carbocycles. The molecule has 94 valence electrons. The molecule has 0 aliphatic heterocycles. The van der Waals surface area contributed by atoms with Gasteiger partial charge in [0, 0.05) is 11.3 Å². The van der Waals surface area contributed by atoms with Crippen molar-refractivity contribution in [1.29, 1.82) is 0 Å². The Balaban J connectivity index is 2.05. The fourth-order valence-corrected chi connectivity index (χ4v) is 2.20. The van der Waals surface area contributed by atoms with Crippen LogP contribution in [0.2, 0.25) is 0 Å². The fraction of sp³-hybridized carbons (Fsp3) is 0.200. The smallest absolute Gasteiger partial charge is 0.123 e. The normalized spacial score (nSPS) is 12.4. The second-order valence-corrected chi connectivity index (χ2v) is 5.00. The average molecular weight is 262 g/mol. The summed E-state index contributed by atoms with van der Waals surface area (Å²) in [5.74, 6) is -0.282. The van der Waals surface area contributed by atoms with Crippen LogP contribution in [0.4, 0.5) is 4.39 Å². The van der Waals surface area contributed by atoms with Gasteiger partial charge in [-0.25, -0.2) is 4.39 Å². The monoisotopic (exact) mass is 262 g/mol. The SMILES string of the molecule is CSc1ccc(CC(O)c2ccc(F)cc2)cc1. The van der Waals surface area contributed by atoms with Crippen LogP contribution in [0.5, 0.6) is 0 Å². The number of hydrogen-bond acceptors (Lipinski definition) is 2. The number of aliphatic hydroxyl groups excluding tert-OH is 1. The third kappa shape index (κ3) is 3.34. The zero-order valence-corrected chi connectivity index (χ0v) is 11.0. The summed E-state index contributed by atoms with van der Waals surface area (Å²) in [5.41, 5.74) is 1.81. The molecule has 1 nitrogen and oxygen atoms in total. The molecule has 0 fully saturated rings. The summed E-state index contributed by atoms with van der Waals surface area (Å²) in [6.45, 7) is 0. The highest BCUT2D eigenvalue weighted by Gasteiger charge is 2.08. The van der Waals surface area contributed by atoms with Crippen LogP contribution in [-0.4, -0.2) is 11.4 Å². The molecule has 0 aromatic heterocycles. The number of benzene rings is 2. The average Bonchev–Trinajstić information content (AvgIpc) is 2.40. The molecule has 0 saturated heterocycles. The lowest BCUT2D eigenvalue weighted by Crippen LogP contribution is -2.01. The van der Waals surface area contributed by atoms with Crippen LogP contribution < -0.4 is 0 Å². The van der Waals surface area contributed by atoms with Gasteiger partial charge in [-0.1, -0.05) is 24.3 Å². The van der Waals surface area contributed by atoms with Gasteiger partial charge in [-0.2, -0.15) is 0 Å². The predicted molar refractivity (Wildman–Crippen MR) is 73.3 cm³/mol. The minimum Gasteiger partial charge on any atom is -0.388 e. The zero-order valence-electron chi connectivity index (χ0n) is 10.1. The van der Waals surface area contributed by atoms with Gasteiger partial charge in [-0.3, -0.25) is 0 Å². The molecular weight excluding hydrogens is 247 g/mol. The highest BCUT2D eigenvalue weighted by Crippen LogP contribution is 2.21. The highest BCUT2D eigenvalue weighted by molar-refractivity contribution is 7.98. The molecule has 3 heteroatoms. The maximum Gasteiger partial charge on any atom is 0.123 e. The third-order valence-corrected chi connectivity index (χ3v) is 3.59. The molecule has 2 aromatic rings. The maximum atomic E-state index is 12.8. The molecule has 0 aliphatic carbocycles. The molecule has 18 heavy (non-hydrogen) atoms. The van der Waals surface area contributed by atoms with E-state index in [0.717, 1.165) is 11.1 Å². The van der Waals surface area contributed by atoms with Crippen molar-refractivity contribution in [3.63, 3.8) is 0 Å². The highest BCUT2D eigenvalue weighted by atomic mass is 32.2. The summed E-state index contributed by atoms with van der Waals surface area (Å²) >= 11 is 1.69. The van der Waals surface area contributed by atoms with E-state index >= 15 is 0 Å². The molecule has 0 aliphatic rings. The first-order valence-corrected chi connectivity index (χ1v) is 6.98. The van der Waals surface area contributed by atoms with Gasteiger partial charge in [0.2, 0.25) is 0 Å². The molecule has 0 heterocycles. The van der Waals surface area contributed by atoms with Gasteiger partial charge < -0.3 is 5.11 Å². The Morgan fingerprint density at radius 2 is 1.67 bits per heavy atom. The summed E-state index contributed by atoms with van der Waals surface area (Å²) in [7, 11) is 0. The Hall–Kier alpha value is -1.32. The third-order valence-electron chi connectivity index (χ3n) is 2.84. The molecule has 0 bridgehead atoms. The molecule has 2 rings (SSSR count). The standard InChI is InChI=1S/C15H15FOS/c1-18-14-8-2-11(3-9-14)10-15(17)12-4-6-13(16)7-5-12/h2-9,15,17H,10H2,1H3. The van der Waals surface area contributed by atoms with E-state index in [1.165, 1.54) is 17.0 Å². The quantitative estimate of drug-likeness (QED) is 0.845. The molecule has 1 atom stereocenters. The predicted octanol–water partition coefficient (Wildman–Crippen LogP) is 3.82.